The van der Waals surface area contributed by atoms with E-state index in [4.69, 9.17) is 0 Å². The van der Waals surface area contributed by atoms with Gasteiger partial charge >= 0.3 is 0 Å². The van der Waals surface area contributed by atoms with Gasteiger partial charge in [0.1, 0.15) is 5.82 Å². The van der Waals surface area contributed by atoms with Crippen LogP contribution < -0.4 is 4.72 Å². The first-order valence-electron chi connectivity index (χ1n) is 8.22. The third-order valence-electron chi connectivity index (χ3n) is 4.22. The molecule has 0 atom stereocenters. The van der Waals surface area contributed by atoms with Crippen molar-refractivity contribution in [1.29, 1.82) is 0 Å². The van der Waals surface area contributed by atoms with Gasteiger partial charge in [-0.2, -0.15) is 0 Å². The Labute approximate surface area is 157 Å². The quantitative estimate of drug-likeness (QED) is 0.680. The molecule has 0 unspecified atom stereocenters. The van der Waals surface area contributed by atoms with Crippen molar-refractivity contribution in [2.45, 2.75) is 23.3 Å². The van der Waals surface area contributed by atoms with Crippen LogP contribution in [0.2, 0.25) is 0 Å². The number of hydrogen-bond donors (Lipinski definition) is 1. The maximum atomic E-state index is 13.4. The highest BCUT2D eigenvalue weighted by atomic mass is 32.2. The Morgan fingerprint density at radius 3 is 2.30 bits per heavy atom. The zero-order valence-electron chi connectivity index (χ0n) is 14.5. The maximum Gasteiger partial charge on any atom is 0.211 e. The number of sulfone groups is 1. The predicted molar refractivity (Wildman–Crippen MR) is 102 cm³/mol. The van der Waals surface area contributed by atoms with Crippen LogP contribution in [0.1, 0.15) is 12.5 Å². The molecule has 0 aliphatic carbocycles. The SMILES string of the molecule is CCS(=O)(=O)NCc1cccc2cc(S(=O)(=O)c3cccc(F)c3)ccc12. The lowest BCUT2D eigenvalue weighted by molar-refractivity contribution is 0.582. The minimum absolute atomic E-state index is 0.0200. The molecular formula is C19H18FNO4S2. The molecule has 0 bridgehead atoms. The largest absolute Gasteiger partial charge is 0.219 e. The number of sulfonamides is 1. The summed E-state index contributed by atoms with van der Waals surface area (Å²) < 4.78 is 64.7. The Kier molecular flexibility index (Phi) is 5.32. The lowest BCUT2D eigenvalue weighted by Crippen LogP contribution is -2.24. The van der Waals surface area contributed by atoms with E-state index in [-0.39, 0.29) is 22.1 Å². The summed E-state index contributed by atoms with van der Waals surface area (Å²) in [6, 6.07) is 14.7. The molecule has 27 heavy (non-hydrogen) atoms. The lowest BCUT2D eigenvalue weighted by atomic mass is 10.1. The van der Waals surface area contributed by atoms with Gasteiger partial charge in [0.05, 0.1) is 15.5 Å². The molecule has 0 heterocycles. The van der Waals surface area contributed by atoms with Gasteiger partial charge in [0.25, 0.3) is 0 Å². The van der Waals surface area contributed by atoms with Gasteiger partial charge < -0.3 is 0 Å². The highest BCUT2D eigenvalue weighted by Crippen LogP contribution is 2.27. The minimum atomic E-state index is -3.86. The molecule has 5 nitrogen and oxygen atoms in total. The first kappa shape index (κ1) is 19.5. The molecule has 0 radical (unpaired) electrons. The van der Waals surface area contributed by atoms with E-state index in [1.54, 1.807) is 31.2 Å². The molecule has 0 saturated heterocycles. The zero-order chi connectivity index (χ0) is 19.7. The van der Waals surface area contributed by atoms with Crippen LogP contribution in [0.5, 0.6) is 0 Å². The fourth-order valence-corrected chi connectivity index (χ4v) is 4.62. The topological polar surface area (TPSA) is 80.3 Å². The first-order valence-corrected chi connectivity index (χ1v) is 11.4. The summed E-state index contributed by atoms with van der Waals surface area (Å²) in [5.74, 6) is -0.643. The molecule has 0 aliphatic heterocycles. The van der Waals surface area contributed by atoms with Gasteiger partial charge in [-0.25, -0.2) is 25.9 Å². The van der Waals surface area contributed by atoms with Gasteiger partial charge in [-0.1, -0.05) is 30.3 Å². The Morgan fingerprint density at radius 1 is 0.889 bits per heavy atom. The normalized spacial score (nSPS) is 12.4. The second-order valence-electron chi connectivity index (χ2n) is 5.99. The van der Waals surface area contributed by atoms with E-state index in [9.17, 15) is 21.2 Å². The van der Waals surface area contributed by atoms with E-state index in [2.05, 4.69) is 4.72 Å². The van der Waals surface area contributed by atoms with Crippen molar-refractivity contribution in [3.8, 4) is 0 Å². The van der Waals surface area contributed by atoms with Crippen molar-refractivity contribution in [1.82, 2.24) is 4.72 Å². The monoisotopic (exact) mass is 407 g/mol. The van der Waals surface area contributed by atoms with Crippen LogP contribution >= 0.6 is 0 Å². The third-order valence-corrected chi connectivity index (χ3v) is 7.31. The van der Waals surface area contributed by atoms with E-state index in [1.165, 1.54) is 30.3 Å². The number of fused-ring (bicyclic) bond motifs is 1. The van der Waals surface area contributed by atoms with E-state index in [0.29, 0.717) is 5.39 Å². The van der Waals surface area contributed by atoms with Gasteiger partial charge in [0.15, 0.2) is 0 Å². The first-order chi connectivity index (χ1) is 12.7. The average Bonchev–Trinajstić information content (AvgIpc) is 2.66. The van der Waals surface area contributed by atoms with E-state index in [0.717, 1.165) is 17.0 Å². The highest BCUT2D eigenvalue weighted by Gasteiger charge is 2.19. The number of halogens is 1. The lowest BCUT2D eigenvalue weighted by Gasteiger charge is -2.10. The van der Waals surface area contributed by atoms with Crippen molar-refractivity contribution in [2.75, 3.05) is 5.75 Å². The van der Waals surface area contributed by atoms with Crippen LogP contribution in [0.4, 0.5) is 4.39 Å². The summed E-state index contributed by atoms with van der Waals surface area (Å²) in [6.07, 6.45) is 0. The number of rotatable bonds is 6. The van der Waals surface area contributed by atoms with E-state index in [1.807, 2.05) is 0 Å². The smallest absolute Gasteiger partial charge is 0.211 e. The standard InChI is InChI=1S/C19H18FNO4S2/c1-2-26(22,23)21-13-15-6-3-5-14-11-18(9-10-19(14)15)27(24,25)17-8-4-7-16(20)12-17/h3-12,21H,2,13H2,1H3. The molecule has 0 aromatic heterocycles. The molecule has 3 rings (SSSR count). The van der Waals surface area contributed by atoms with Gasteiger partial charge in [0, 0.05) is 6.54 Å². The molecule has 8 heteroatoms. The number of nitrogens with one attached hydrogen (secondary N) is 1. The Balaban J connectivity index is 2.02. The predicted octanol–water partition coefficient (Wildman–Crippen LogP) is 3.25. The number of hydrogen-bond acceptors (Lipinski definition) is 4. The van der Waals surface area contributed by atoms with Crippen molar-refractivity contribution in [2.24, 2.45) is 0 Å². The molecule has 0 amide bonds. The Bertz CT molecular complexity index is 1210. The summed E-state index contributed by atoms with van der Waals surface area (Å²) in [6.45, 7) is 1.67. The summed E-state index contributed by atoms with van der Waals surface area (Å²) in [5.41, 5.74) is 0.735. The van der Waals surface area contributed by atoms with Crippen molar-refractivity contribution >= 4 is 30.6 Å². The third kappa shape index (κ3) is 4.18. The van der Waals surface area contributed by atoms with Crippen LogP contribution in [0.3, 0.4) is 0 Å². The number of benzene rings is 3. The fourth-order valence-electron chi connectivity index (χ4n) is 2.71. The van der Waals surface area contributed by atoms with Gasteiger partial charge in [-0.15, -0.1) is 0 Å². The highest BCUT2D eigenvalue weighted by molar-refractivity contribution is 7.91. The summed E-state index contributed by atoms with van der Waals surface area (Å²) >= 11 is 0. The fraction of sp³-hybridized carbons (Fsp3) is 0.158. The van der Waals surface area contributed by atoms with Gasteiger partial charge in [0.2, 0.25) is 19.9 Å². The van der Waals surface area contributed by atoms with Gasteiger partial charge in [-0.05, 0) is 53.6 Å². The summed E-state index contributed by atoms with van der Waals surface area (Å²) in [5, 5.41) is 1.40. The second-order valence-corrected chi connectivity index (χ2v) is 10.0. The van der Waals surface area contributed by atoms with Crippen LogP contribution in [-0.2, 0) is 26.4 Å². The van der Waals surface area contributed by atoms with E-state index < -0.39 is 25.7 Å². The molecule has 3 aromatic carbocycles. The molecule has 3 aromatic rings. The molecule has 142 valence electrons. The van der Waals surface area contributed by atoms with Crippen molar-refractivity contribution < 1.29 is 21.2 Å². The summed E-state index contributed by atoms with van der Waals surface area (Å²) in [4.78, 5) is -0.0689. The molecule has 0 fully saturated rings. The Hall–Kier alpha value is -2.29. The van der Waals surface area contributed by atoms with Gasteiger partial charge in [-0.3, -0.25) is 0 Å². The molecule has 0 saturated carbocycles. The summed E-state index contributed by atoms with van der Waals surface area (Å²) in [7, 11) is -7.20. The van der Waals surface area contributed by atoms with Crippen molar-refractivity contribution in [3.63, 3.8) is 0 Å². The minimum Gasteiger partial charge on any atom is -0.219 e. The second kappa shape index (κ2) is 7.38. The van der Waals surface area contributed by atoms with Crippen LogP contribution in [0, 0.1) is 5.82 Å². The van der Waals surface area contributed by atoms with Crippen LogP contribution in [-0.4, -0.2) is 22.6 Å². The van der Waals surface area contributed by atoms with Crippen LogP contribution in [0.15, 0.2) is 70.5 Å². The molecule has 0 spiro atoms. The molecular weight excluding hydrogens is 389 g/mol. The van der Waals surface area contributed by atoms with Crippen molar-refractivity contribution in [3.05, 3.63) is 72.0 Å². The average molecular weight is 407 g/mol. The van der Waals surface area contributed by atoms with Crippen LogP contribution in [0.25, 0.3) is 10.8 Å². The molecule has 1 N–H and O–H groups in total. The molecule has 0 aliphatic rings. The Morgan fingerprint density at radius 2 is 1.59 bits per heavy atom. The maximum absolute atomic E-state index is 13.4. The zero-order valence-corrected chi connectivity index (χ0v) is 16.1. The van der Waals surface area contributed by atoms with E-state index >= 15 is 0 Å².